The van der Waals surface area contributed by atoms with E-state index in [1.807, 2.05) is 32.0 Å². The fourth-order valence-electron chi connectivity index (χ4n) is 3.18. The molecule has 1 atom stereocenters. The number of rotatable bonds is 9. The molecule has 30 heavy (non-hydrogen) atoms. The van der Waals surface area contributed by atoms with Crippen LogP contribution in [-0.2, 0) is 13.6 Å². The maximum Gasteiger partial charge on any atom is 0.329 e. The van der Waals surface area contributed by atoms with Crippen LogP contribution in [0, 0.1) is 13.8 Å². The molecule has 0 bridgehead atoms. The van der Waals surface area contributed by atoms with E-state index >= 15 is 0 Å². The molecular weight excluding hydrogens is 386 g/mol. The van der Waals surface area contributed by atoms with Gasteiger partial charge in [-0.25, -0.2) is 4.79 Å². The lowest BCUT2D eigenvalue weighted by molar-refractivity contribution is 0.0938. The first-order valence-corrected chi connectivity index (χ1v) is 10.1. The minimum Gasteiger partial charge on any atom is -0.491 e. The van der Waals surface area contributed by atoms with Gasteiger partial charge in [-0.3, -0.25) is 14.3 Å². The Morgan fingerprint density at radius 2 is 2.03 bits per heavy atom. The summed E-state index contributed by atoms with van der Waals surface area (Å²) in [6.45, 7) is 6.92. The molecule has 9 nitrogen and oxygen atoms in total. The zero-order valence-corrected chi connectivity index (χ0v) is 17.9. The van der Waals surface area contributed by atoms with Crippen LogP contribution in [0.4, 0.5) is 5.95 Å². The number of benzene rings is 1. The van der Waals surface area contributed by atoms with Crippen molar-refractivity contribution in [3.05, 3.63) is 50.2 Å². The summed E-state index contributed by atoms with van der Waals surface area (Å²) in [7, 11) is 1.55. The highest BCUT2D eigenvalue weighted by Crippen LogP contribution is 2.18. The molecule has 3 aromatic rings. The molecule has 0 aliphatic rings. The second kappa shape index (κ2) is 9.17. The number of anilines is 1. The molecule has 3 N–H and O–H groups in total. The Hall–Kier alpha value is -3.07. The number of aliphatic hydroxyl groups excluding tert-OH is 1. The summed E-state index contributed by atoms with van der Waals surface area (Å²) >= 11 is 0. The Bertz CT molecular complexity index is 1140. The van der Waals surface area contributed by atoms with E-state index in [2.05, 4.69) is 22.2 Å². The van der Waals surface area contributed by atoms with Crippen LogP contribution < -0.4 is 21.3 Å². The quantitative estimate of drug-likeness (QED) is 0.458. The fourth-order valence-corrected chi connectivity index (χ4v) is 3.18. The second-order valence-corrected chi connectivity index (χ2v) is 7.53. The van der Waals surface area contributed by atoms with Gasteiger partial charge in [0.25, 0.3) is 5.56 Å². The molecule has 1 aromatic carbocycles. The van der Waals surface area contributed by atoms with Gasteiger partial charge < -0.3 is 19.7 Å². The number of aryl methyl sites for hydroxylation is 3. The van der Waals surface area contributed by atoms with Gasteiger partial charge in [0.1, 0.15) is 18.5 Å². The van der Waals surface area contributed by atoms with Crippen LogP contribution >= 0.6 is 0 Å². The lowest BCUT2D eigenvalue weighted by Gasteiger charge is -2.16. The third kappa shape index (κ3) is 4.56. The van der Waals surface area contributed by atoms with Gasteiger partial charge in [-0.2, -0.15) is 4.98 Å². The van der Waals surface area contributed by atoms with Crippen LogP contribution in [0.25, 0.3) is 11.2 Å². The number of imidazole rings is 1. The van der Waals surface area contributed by atoms with Crippen molar-refractivity contribution in [1.29, 1.82) is 0 Å². The number of aromatic nitrogens is 4. The van der Waals surface area contributed by atoms with Crippen molar-refractivity contribution < 1.29 is 9.84 Å². The van der Waals surface area contributed by atoms with E-state index in [-0.39, 0.29) is 24.3 Å². The highest BCUT2D eigenvalue weighted by Gasteiger charge is 2.19. The number of ether oxygens (including phenoxy) is 1. The minimum absolute atomic E-state index is 0.0558. The van der Waals surface area contributed by atoms with Crippen molar-refractivity contribution in [2.24, 2.45) is 7.05 Å². The molecule has 3 rings (SSSR count). The molecule has 162 valence electrons. The van der Waals surface area contributed by atoms with Gasteiger partial charge in [0, 0.05) is 13.6 Å². The Labute approximate surface area is 174 Å². The number of H-pyrrole nitrogens is 1. The van der Waals surface area contributed by atoms with Crippen LogP contribution in [0.15, 0.2) is 27.8 Å². The molecule has 0 spiro atoms. The number of fused-ring (bicyclic) bond motifs is 1. The molecule has 0 aliphatic heterocycles. The monoisotopic (exact) mass is 415 g/mol. The van der Waals surface area contributed by atoms with Crippen LogP contribution in [0.3, 0.4) is 0 Å². The van der Waals surface area contributed by atoms with E-state index in [9.17, 15) is 14.7 Å². The van der Waals surface area contributed by atoms with Crippen molar-refractivity contribution in [2.75, 3.05) is 18.5 Å². The maximum atomic E-state index is 12.5. The molecule has 0 saturated carbocycles. The molecule has 2 aromatic heterocycles. The van der Waals surface area contributed by atoms with Gasteiger partial charge in [0.2, 0.25) is 5.95 Å². The van der Waals surface area contributed by atoms with Crippen molar-refractivity contribution in [1.82, 2.24) is 19.1 Å². The molecule has 2 heterocycles. The molecule has 9 heteroatoms. The van der Waals surface area contributed by atoms with Gasteiger partial charge in [-0.05, 0) is 43.5 Å². The fraction of sp³-hybridized carbons (Fsp3) is 0.476. The van der Waals surface area contributed by atoms with E-state index in [4.69, 9.17) is 4.74 Å². The Kier molecular flexibility index (Phi) is 6.61. The molecule has 0 fully saturated rings. The largest absolute Gasteiger partial charge is 0.491 e. The number of aliphatic hydroxyl groups is 1. The average molecular weight is 415 g/mol. The third-order valence-electron chi connectivity index (χ3n) is 5.13. The lowest BCUT2D eigenvalue weighted by atomic mass is 10.1. The van der Waals surface area contributed by atoms with Crippen molar-refractivity contribution in [3.63, 3.8) is 0 Å². The minimum atomic E-state index is -0.882. The number of nitrogens with one attached hydrogen (secondary N) is 2. The number of unbranched alkanes of at least 4 members (excludes halogenated alkanes) is 1. The summed E-state index contributed by atoms with van der Waals surface area (Å²) in [4.78, 5) is 31.1. The topological polar surface area (TPSA) is 114 Å². The van der Waals surface area contributed by atoms with E-state index in [1.54, 1.807) is 11.6 Å². The van der Waals surface area contributed by atoms with E-state index in [1.165, 1.54) is 10.1 Å². The van der Waals surface area contributed by atoms with E-state index in [0.717, 1.165) is 18.4 Å². The van der Waals surface area contributed by atoms with E-state index < -0.39 is 17.4 Å². The first-order valence-electron chi connectivity index (χ1n) is 10.1. The molecular formula is C21H29N5O4. The number of hydrogen-bond acceptors (Lipinski definition) is 6. The SMILES string of the molecule is CCCCNc1nc2c(c(=O)[nH]c(=O)n2C)n1C[C@@H](O)COc1ccc(C)c(C)c1. The lowest BCUT2D eigenvalue weighted by Crippen LogP contribution is -2.31. The number of nitrogens with zero attached hydrogens (tertiary/aromatic N) is 3. The Morgan fingerprint density at radius 1 is 1.27 bits per heavy atom. The summed E-state index contributed by atoms with van der Waals surface area (Å²) in [6.07, 6.45) is 1.04. The number of hydrogen-bond donors (Lipinski definition) is 3. The van der Waals surface area contributed by atoms with Crippen molar-refractivity contribution in [2.45, 2.75) is 46.3 Å². The molecule has 0 amide bonds. The molecule has 0 radical (unpaired) electrons. The predicted molar refractivity (Wildman–Crippen MR) is 116 cm³/mol. The van der Waals surface area contributed by atoms with Gasteiger partial charge >= 0.3 is 5.69 Å². The summed E-state index contributed by atoms with van der Waals surface area (Å²) < 4.78 is 8.63. The number of aromatic amines is 1. The first kappa shape index (κ1) is 21.6. The zero-order chi connectivity index (χ0) is 21.8. The normalized spacial score (nSPS) is 12.3. The molecule has 0 aliphatic carbocycles. The van der Waals surface area contributed by atoms with Crippen LogP contribution in [0.1, 0.15) is 30.9 Å². The first-order chi connectivity index (χ1) is 14.3. The van der Waals surface area contributed by atoms with Gasteiger partial charge in [0.15, 0.2) is 11.2 Å². The highest BCUT2D eigenvalue weighted by atomic mass is 16.5. The average Bonchev–Trinajstić information content (AvgIpc) is 3.06. The van der Waals surface area contributed by atoms with Crippen LogP contribution in [0.2, 0.25) is 0 Å². The van der Waals surface area contributed by atoms with Crippen LogP contribution in [-0.4, -0.2) is 43.5 Å². The van der Waals surface area contributed by atoms with Gasteiger partial charge in [-0.1, -0.05) is 19.4 Å². The molecule has 0 saturated heterocycles. The zero-order valence-electron chi connectivity index (χ0n) is 17.9. The van der Waals surface area contributed by atoms with Crippen LogP contribution in [0.5, 0.6) is 5.75 Å². The summed E-state index contributed by atoms with van der Waals surface area (Å²) in [6, 6.07) is 5.75. The van der Waals surface area contributed by atoms with E-state index in [0.29, 0.717) is 18.2 Å². The Morgan fingerprint density at radius 3 is 2.73 bits per heavy atom. The third-order valence-corrected chi connectivity index (χ3v) is 5.13. The maximum absolute atomic E-state index is 12.5. The Balaban J connectivity index is 1.86. The summed E-state index contributed by atoms with van der Waals surface area (Å²) in [5.41, 5.74) is 1.71. The summed E-state index contributed by atoms with van der Waals surface area (Å²) in [5.74, 6) is 1.12. The predicted octanol–water partition coefficient (Wildman–Crippen LogP) is 1.69. The molecule has 0 unspecified atom stereocenters. The smallest absolute Gasteiger partial charge is 0.329 e. The highest BCUT2D eigenvalue weighted by molar-refractivity contribution is 5.74. The standard InChI is InChI=1S/C21H29N5O4/c1-5-6-9-22-20-23-18-17(19(28)24-21(29)25(18)4)26(20)11-15(27)12-30-16-8-7-13(2)14(3)10-16/h7-8,10,15,27H,5-6,9,11-12H2,1-4H3,(H,22,23)(H,24,28,29)/t15-/m1/s1. The van der Waals surface area contributed by atoms with Gasteiger partial charge in [-0.15, -0.1) is 0 Å². The van der Waals surface area contributed by atoms with Crippen molar-refractivity contribution in [3.8, 4) is 5.75 Å². The second-order valence-electron chi connectivity index (χ2n) is 7.53. The van der Waals surface area contributed by atoms with Gasteiger partial charge in [0.05, 0.1) is 6.54 Å². The summed E-state index contributed by atoms with van der Waals surface area (Å²) in [5, 5.41) is 13.8. The van der Waals surface area contributed by atoms with Crippen molar-refractivity contribution >= 4 is 17.1 Å².